The lowest BCUT2D eigenvalue weighted by molar-refractivity contribution is -0.133. The summed E-state index contributed by atoms with van der Waals surface area (Å²) in [6.45, 7) is 6.53. The molecule has 59 heavy (non-hydrogen) atoms. The standard InChI is InChI=1S/C42H46N8O8S/c1-22-15-27(51)20-50(4)42(57)24(3)46-38(54)23(2)45-36(53)14-13-34(52)31(17-26-19-44-30-11-8-12-35(58-5)37(26)30)47-39(55)32(48-40(56)33-21-59-41(22)49-33)16-25-18-43-29-10-7-6-9-28(25)29/h6-12,18-19,21-23,31-32,43-44H,3,13-17,20H2,1-2,4-5H3,(H,45,53)(H,46,54)(H,47,55)(H,48,56)/t22-,23+,31-,32-/m0/s1. The van der Waals surface area contributed by atoms with Crippen LogP contribution in [0.3, 0.4) is 0 Å². The highest BCUT2D eigenvalue weighted by Crippen LogP contribution is 2.30. The minimum Gasteiger partial charge on any atom is -0.496 e. The highest BCUT2D eigenvalue weighted by atomic mass is 32.1. The molecule has 0 saturated heterocycles. The van der Waals surface area contributed by atoms with Crippen LogP contribution in [0.5, 0.6) is 5.75 Å². The smallest absolute Gasteiger partial charge is 0.271 e. The first-order valence-electron chi connectivity index (χ1n) is 19.1. The number of thiazole rings is 1. The van der Waals surface area contributed by atoms with Crippen molar-refractivity contribution in [2.75, 3.05) is 20.7 Å². The highest BCUT2D eigenvalue weighted by molar-refractivity contribution is 7.09. The zero-order valence-electron chi connectivity index (χ0n) is 33.1. The normalized spacial score (nSPS) is 21.2. The van der Waals surface area contributed by atoms with Crippen LogP contribution in [0.1, 0.15) is 65.7 Å². The first-order chi connectivity index (χ1) is 28.2. The van der Waals surface area contributed by atoms with Gasteiger partial charge in [-0.3, -0.25) is 33.6 Å². The van der Waals surface area contributed by atoms with Crippen LogP contribution >= 0.6 is 11.3 Å². The van der Waals surface area contributed by atoms with Crippen LogP contribution in [-0.4, -0.2) is 99.8 Å². The Morgan fingerprint density at radius 1 is 0.847 bits per heavy atom. The number of carbonyl (C=O) groups is 7. The predicted octanol–water partition coefficient (Wildman–Crippen LogP) is 3.20. The maximum Gasteiger partial charge on any atom is 0.271 e. The molecule has 308 valence electrons. The second-order valence-corrected chi connectivity index (χ2v) is 15.5. The van der Waals surface area contributed by atoms with Gasteiger partial charge in [0.1, 0.15) is 23.5 Å². The number of H-pyrrole nitrogens is 2. The topological polar surface area (TPSA) is 225 Å². The molecule has 0 fully saturated rings. The van der Waals surface area contributed by atoms with Crippen LogP contribution in [0, 0.1) is 0 Å². The van der Waals surface area contributed by atoms with Crippen LogP contribution < -0.4 is 26.0 Å². The number of hydrogen-bond acceptors (Lipinski definition) is 10. The molecule has 0 unspecified atom stereocenters. The van der Waals surface area contributed by atoms with E-state index in [4.69, 9.17) is 4.74 Å². The molecule has 6 N–H and O–H groups in total. The van der Waals surface area contributed by atoms with Gasteiger partial charge in [0.2, 0.25) is 17.7 Å². The summed E-state index contributed by atoms with van der Waals surface area (Å²) < 4.78 is 5.61. The molecule has 4 atom stereocenters. The van der Waals surface area contributed by atoms with E-state index >= 15 is 0 Å². The summed E-state index contributed by atoms with van der Waals surface area (Å²) in [5.74, 6) is -3.98. The molecule has 0 saturated carbocycles. The number of nitrogens with one attached hydrogen (secondary N) is 6. The molecule has 5 aromatic rings. The molecule has 3 aromatic heterocycles. The van der Waals surface area contributed by atoms with Gasteiger partial charge < -0.3 is 40.9 Å². The van der Waals surface area contributed by atoms with Gasteiger partial charge in [-0.2, -0.15) is 0 Å². The number of para-hydroxylation sites is 1. The molecule has 1 aliphatic heterocycles. The van der Waals surface area contributed by atoms with Crippen molar-refractivity contribution >= 4 is 74.2 Å². The molecule has 5 amide bonds. The van der Waals surface area contributed by atoms with Crippen molar-refractivity contribution < 1.29 is 38.3 Å². The summed E-state index contributed by atoms with van der Waals surface area (Å²) in [6, 6.07) is 9.50. The molecule has 0 spiro atoms. The Balaban J connectivity index is 1.34. The lowest BCUT2D eigenvalue weighted by Gasteiger charge is -2.23. The van der Waals surface area contributed by atoms with E-state index in [1.54, 1.807) is 30.8 Å². The number of ether oxygens (including phenoxy) is 1. The van der Waals surface area contributed by atoms with Crippen molar-refractivity contribution in [3.05, 3.63) is 94.3 Å². The minimum atomic E-state index is -1.19. The Labute approximate surface area is 343 Å². The number of likely N-dealkylation sites (N-methyl/N-ethyl adjacent to an activating group) is 1. The number of methoxy groups -OCH3 is 1. The average Bonchev–Trinajstić information content (AvgIpc) is 3.98. The number of ketones is 2. The lowest BCUT2D eigenvalue weighted by atomic mass is 9.97. The van der Waals surface area contributed by atoms with E-state index < -0.39 is 59.4 Å². The third-order valence-corrected chi connectivity index (χ3v) is 11.3. The molecule has 16 nitrogen and oxygen atoms in total. The van der Waals surface area contributed by atoms with Crippen LogP contribution in [0.2, 0.25) is 0 Å². The van der Waals surface area contributed by atoms with E-state index in [1.807, 2.05) is 36.4 Å². The van der Waals surface area contributed by atoms with Crippen molar-refractivity contribution in [2.45, 2.75) is 70.0 Å². The van der Waals surface area contributed by atoms with E-state index in [-0.39, 0.29) is 55.8 Å². The highest BCUT2D eigenvalue weighted by Gasteiger charge is 2.31. The van der Waals surface area contributed by atoms with Crippen molar-refractivity contribution in [2.24, 2.45) is 0 Å². The first-order valence-corrected chi connectivity index (χ1v) is 19.9. The number of aromatic amines is 2. The Morgan fingerprint density at radius 3 is 2.34 bits per heavy atom. The monoisotopic (exact) mass is 822 g/mol. The molecule has 4 heterocycles. The number of aromatic nitrogens is 3. The summed E-state index contributed by atoms with van der Waals surface area (Å²) in [6.07, 6.45) is 2.90. The number of fused-ring (bicyclic) bond motifs is 4. The van der Waals surface area contributed by atoms with Gasteiger partial charge in [0.15, 0.2) is 11.6 Å². The van der Waals surface area contributed by atoms with E-state index in [0.717, 1.165) is 26.9 Å². The largest absolute Gasteiger partial charge is 0.496 e. The van der Waals surface area contributed by atoms with Crippen molar-refractivity contribution in [1.29, 1.82) is 0 Å². The van der Waals surface area contributed by atoms with Gasteiger partial charge in [-0.25, -0.2) is 4.98 Å². The Hall–Kier alpha value is -6.62. The molecule has 6 rings (SSSR count). The van der Waals surface area contributed by atoms with E-state index in [1.165, 1.54) is 32.4 Å². The third-order valence-electron chi connectivity index (χ3n) is 10.2. The fraction of sp³-hybridized carbons (Fsp3) is 0.333. The van der Waals surface area contributed by atoms with Crippen LogP contribution in [-0.2, 0) is 41.6 Å². The van der Waals surface area contributed by atoms with Crippen molar-refractivity contribution in [1.82, 2.24) is 41.1 Å². The quantitative estimate of drug-likeness (QED) is 0.143. The number of Topliss-reactive ketones (excluding diaryl/α,β-unsaturated/α-hetero) is 2. The first kappa shape index (κ1) is 42.0. The van der Waals surface area contributed by atoms with Gasteiger partial charge in [0.05, 0.1) is 30.4 Å². The number of hydrogen-bond donors (Lipinski definition) is 6. The molecular weight excluding hydrogens is 777 g/mol. The maximum absolute atomic E-state index is 14.4. The fourth-order valence-corrected chi connectivity index (χ4v) is 7.89. The van der Waals surface area contributed by atoms with Gasteiger partial charge in [-0.1, -0.05) is 37.8 Å². The molecule has 17 heteroatoms. The lowest BCUT2D eigenvalue weighted by Crippen LogP contribution is -2.53. The summed E-state index contributed by atoms with van der Waals surface area (Å²) in [4.78, 5) is 106. The number of rotatable bonds is 5. The molecule has 0 radical (unpaired) electrons. The van der Waals surface area contributed by atoms with Crippen molar-refractivity contribution in [3.63, 3.8) is 0 Å². The average molecular weight is 823 g/mol. The summed E-state index contributed by atoms with van der Waals surface area (Å²) in [5.41, 5.74) is 2.73. The summed E-state index contributed by atoms with van der Waals surface area (Å²) in [5, 5.41) is 14.2. The minimum absolute atomic E-state index is 0.00257. The maximum atomic E-state index is 14.4. The molecule has 1 aliphatic rings. The second kappa shape index (κ2) is 18.3. The fourth-order valence-electron chi connectivity index (χ4n) is 7.03. The van der Waals surface area contributed by atoms with Gasteiger partial charge in [-0.05, 0) is 36.2 Å². The molecule has 2 aromatic carbocycles. The number of nitrogens with zero attached hydrogens (tertiary/aromatic N) is 2. The van der Waals surface area contributed by atoms with Crippen LogP contribution in [0.4, 0.5) is 0 Å². The zero-order chi connectivity index (χ0) is 42.4. The number of carbonyl (C=O) groups excluding carboxylic acids is 7. The Morgan fingerprint density at radius 2 is 1.56 bits per heavy atom. The second-order valence-electron chi connectivity index (χ2n) is 14.7. The molecule has 0 aliphatic carbocycles. The zero-order valence-corrected chi connectivity index (χ0v) is 33.9. The van der Waals surface area contributed by atoms with Crippen LogP contribution in [0.15, 0.2) is 72.5 Å². The Kier molecular flexibility index (Phi) is 13.0. The van der Waals surface area contributed by atoms with Gasteiger partial charge >= 0.3 is 0 Å². The molecular formula is C42H46N8O8S. The van der Waals surface area contributed by atoms with Crippen molar-refractivity contribution in [3.8, 4) is 5.75 Å². The van der Waals surface area contributed by atoms with Gasteiger partial charge in [0.25, 0.3) is 11.8 Å². The summed E-state index contributed by atoms with van der Waals surface area (Å²) >= 11 is 1.18. The summed E-state index contributed by atoms with van der Waals surface area (Å²) in [7, 11) is 2.92. The Bertz CT molecular complexity index is 2450. The van der Waals surface area contributed by atoms with E-state index in [0.29, 0.717) is 21.7 Å². The van der Waals surface area contributed by atoms with Crippen LogP contribution in [0.25, 0.3) is 21.8 Å². The number of amides is 5. The van der Waals surface area contributed by atoms with E-state index in [9.17, 15) is 33.6 Å². The predicted molar refractivity (Wildman–Crippen MR) is 221 cm³/mol. The number of benzene rings is 2. The third kappa shape index (κ3) is 9.92. The SMILES string of the molecule is C=C1NC(=O)[C@@H](C)NC(=O)CCC(=O)[C@H](Cc2c[nH]c3cccc(OC)c23)NC(=O)[C@H](Cc2c[nH]c3ccccc23)NC(=O)c2csc(n2)[C@@H](C)CC(=O)CN(C)C1=O. The molecule has 2 bridgehead atoms. The van der Waals surface area contributed by atoms with E-state index in [2.05, 4.69) is 42.8 Å². The van der Waals surface area contributed by atoms with Gasteiger partial charge in [0, 0.05) is 84.6 Å². The van der Waals surface area contributed by atoms with Gasteiger partial charge in [-0.15, -0.1) is 11.3 Å².